The van der Waals surface area contributed by atoms with Crippen molar-refractivity contribution in [3.63, 3.8) is 0 Å². The second kappa shape index (κ2) is 5.30. The monoisotopic (exact) mass is 266 g/mol. The molecule has 18 heavy (non-hydrogen) atoms. The van der Waals surface area contributed by atoms with Crippen molar-refractivity contribution in [2.75, 3.05) is 7.11 Å². The summed E-state index contributed by atoms with van der Waals surface area (Å²) >= 11 is 1.42. The van der Waals surface area contributed by atoms with Gasteiger partial charge in [0.2, 0.25) is 0 Å². The highest BCUT2D eigenvalue weighted by molar-refractivity contribution is 7.99. The number of methoxy groups -OCH3 is 1. The molecule has 6 heteroatoms. The summed E-state index contributed by atoms with van der Waals surface area (Å²) in [6, 6.07) is 5.59. The van der Waals surface area contributed by atoms with E-state index in [9.17, 15) is 4.79 Å². The van der Waals surface area contributed by atoms with Gasteiger partial charge in [0.15, 0.2) is 5.16 Å². The summed E-state index contributed by atoms with van der Waals surface area (Å²) in [6.07, 6.45) is 0.116. The van der Waals surface area contributed by atoms with Crippen molar-refractivity contribution < 1.29 is 14.6 Å². The van der Waals surface area contributed by atoms with Crippen LogP contribution in [0, 0.1) is 0 Å². The standard InChI is InChI=1S/C12H14N2O3S/c1-7(5-11(15)16)18-12-13-9-4-3-8(17-2)6-10(9)14-12/h3-4,6-7H,5H2,1-2H3,(H,13,14)(H,15,16). The molecule has 0 bridgehead atoms. The summed E-state index contributed by atoms with van der Waals surface area (Å²) in [7, 11) is 1.61. The van der Waals surface area contributed by atoms with Crippen molar-refractivity contribution >= 4 is 28.8 Å². The first-order valence-electron chi connectivity index (χ1n) is 5.50. The Bertz CT molecular complexity index is 567. The van der Waals surface area contributed by atoms with Crippen LogP contribution < -0.4 is 4.74 Å². The molecule has 0 saturated carbocycles. The maximum atomic E-state index is 10.6. The van der Waals surface area contributed by atoms with E-state index in [1.165, 1.54) is 11.8 Å². The van der Waals surface area contributed by atoms with E-state index < -0.39 is 5.97 Å². The summed E-state index contributed by atoms with van der Waals surface area (Å²) in [5.41, 5.74) is 1.74. The first-order valence-corrected chi connectivity index (χ1v) is 6.38. The number of thioether (sulfide) groups is 1. The van der Waals surface area contributed by atoms with Gasteiger partial charge in [-0.05, 0) is 12.1 Å². The lowest BCUT2D eigenvalue weighted by Crippen LogP contribution is -2.05. The van der Waals surface area contributed by atoms with Crippen LogP contribution >= 0.6 is 11.8 Å². The van der Waals surface area contributed by atoms with Gasteiger partial charge in [-0.1, -0.05) is 18.7 Å². The van der Waals surface area contributed by atoms with Gasteiger partial charge < -0.3 is 14.8 Å². The number of nitrogens with zero attached hydrogens (tertiary/aromatic N) is 1. The Labute approximate surface area is 109 Å². The van der Waals surface area contributed by atoms with Crippen LogP contribution in [0.25, 0.3) is 11.0 Å². The molecule has 0 aliphatic carbocycles. The van der Waals surface area contributed by atoms with Gasteiger partial charge in [-0.2, -0.15) is 0 Å². The van der Waals surface area contributed by atoms with Gasteiger partial charge in [0.25, 0.3) is 0 Å². The first kappa shape index (κ1) is 12.8. The number of ether oxygens (including phenoxy) is 1. The van der Waals surface area contributed by atoms with Gasteiger partial charge >= 0.3 is 5.97 Å². The summed E-state index contributed by atoms with van der Waals surface area (Å²) in [5, 5.41) is 9.42. The van der Waals surface area contributed by atoms with Crippen molar-refractivity contribution in [3.05, 3.63) is 18.2 Å². The van der Waals surface area contributed by atoms with E-state index in [1.54, 1.807) is 7.11 Å². The molecule has 0 amide bonds. The number of carbonyl (C=O) groups is 1. The predicted octanol–water partition coefficient (Wildman–Crippen LogP) is 2.53. The zero-order chi connectivity index (χ0) is 13.1. The Morgan fingerprint density at radius 1 is 1.61 bits per heavy atom. The number of hydrogen-bond donors (Lipinski definition) is 2. The minimum absolute atomic E-state index is 0.0232. The van der Waals surface area contributed by atoms with Crippen molar-refractivity contribution in [1.29, 1.82) is 0 Å². The largest absolute Gasteiger partial charge is 0.497 e. The minimum Gasteiger partial charge on any atom is -0.497 e. The van der Waals surface area contributed by atoms with Gasteiger partial charge in [-0.3, -0.25) is 4.79 Å². The normalized spacial score (nSPS) is 12.6. The lowest BCUT2D eigenvalue weighted by Gasteiger charge is -2.04. The van der Waals surface area contributed by atoms with Crippen LogP contribution in [0.4, 0.5) is 0 Å². The second-order valence-electron chi connectivity index (χ2n) is 3.95. The van der Waals surface area contributed by atoms with E-state index in [0.29, 0.717) is 0 Å². The summed E-state index contributed by atoms with van der Waals surface area (Å²) in [6.45, 7) is 1.87. The van der Waals surface area contributed by atoms with Crippen LogP contribution in [0.3, 0.4) is 0 Å². The van der Waals surface area contributed by atoms with E-state index in [0.717, 1.165) is 21.9 Å². The molecular weight excluding hydrogens is 252 g/mol. The Hall–Kier alpha value is -1.69. The third kappa shape index (κ3) is 2.95. The number of aliphatic carboxylic acids is 1. The van der Waals surface area contributed by atoms with Crippen molar-refractivity contribution in [2.45, 2.75) is 23.8 Å². The highest BCUT2D eigenvalue weighted by atomic mass is 32.2. The van der Waals surface area contributed by atoms with E-state index >= 15 is 0 Å². The molecule has 0 spiro atoms. The second-order valence-corrected chi connectivity index (χ2v) is 5.38. The Morgan fingerprint density at radius 2 is 2.39 bits per heavy atom. The molecule has 1 aromatic carbocycles. The number of carboxylic acid groups (broad SMARTS) is 1. The van der Waals surface area contributed by atoms with Gasteiger partial charge in [-0.15, -0.1) is 0 Å². The fraction of sp³-hybridized carbons (Fsp3) is 0.333. The average Bonchev–Trinajstić information content (AvgIpc) is 2.68. The van der Waals surface area contributed by atoms with Crippen LogP contribution in [-0.2, 0) is 4.79 Å². The first-order chi connectivity index (χ1) is 8.58. The summed E-state index contributed by atoms with van der Waals surface area (Å²) < 4.78 is 5.13. The SMILES string of the molecule is COc1ccc2nc(SC(C)CC(=O)O)[nH]c2c1. The number of aromatic amines is 1. The van der Waals surface area contributed by atoms with E-state index in [2.05, 4.69) is 9.97 Å². The van der Waals surface area contributed by atoms with Crippen LogP contribution in [0.2, 0.25) is 0 Å². The van der Waals surface area contributed by atoms with Crippen molar-refractivity contribution in [3.8, 4) is 5.75 Å². The lowest BCUT2D eigenvalue weighted by atomic mass is 10.3. The molecule has 1 unspecified atom stereocenters. The third-order valence-electron chi connectivity index (χ3n) is 2.44. The molecule has 2 aromatic rings. The van der Waals surface area contributed by atoms with Crippen LogP contribution in [0.1, 0.15) is 13.3 Å². The molecule has 0 fully saturated rings. The molecule has 0 radical (unpaired) electrons. The highest BCUT2D eigenvalue weighted by Crippen LogP contribution is 2.26. The number of nitrogens with one attached hydrogen (secondary N) is 1. The molecule has 0 aliphatic rings. The number of aromatic nitrogens is 2. The van der Waals surface area contributed by atoms with Gasteiger partial charge in [0, 0.05) is 11.3 Å². The molecular formula is C12H14N2O3S. The minimum atomic E-state index is -0.798. The molecule has 0 aliphatic heterocycles. The molecule has 1 heterocycles. The maximum absolute atomic E-state index is 10.6. The van der Waals surface area contributed by atoms with Crippen molar-refractivity contribution in [2.24, 2.45) is 0 Å². The van der Waals surface area contributed by atoms with Gasteiger partial charge in [-0.25, -0.2) is 4.98 Å². The third-order valence-corrected chi connectivity index (χ3v) is 3.43. The molecule has 2 N–H and O–H groups in total. The van der Waals surface area contributed by atoms with E-state index in [4.69, 9.17) is 9.84 Å². The number of H-pyrrole nitrogens is 1. The van der Waals surface area contributed by atoms with Crippen molar-refractivity contribution in [1.82, 2.24) is 9.97 Å². The number of fused-ring (bicyclic) bond motifs is 1. The van der Waals surface area contributed by atoms with E-state index in [1.807, 2.05) is 25.1 Å². The smallest absolute Gasteiger partial charge is 0.304 e. The summed E-state index contributed by atoms with van der Waals surface area (Å²) in [5.74, 6) is -0.0333. The van der Waals surface area contributed by atoms with Gasteiger partial charge in [0.05, 0.1) is 24.6 Å². The molecule has 5 nitrogen and oxygen atoms in total. The van der Waals surface area contributed by atoms with Gasteiger partial charge in [0.1, 0.15) is 5.75 Å². The van der Waals surface area contributed by atoms with Crippen LogP contribution in [0.15, 0.2) is 23.4 Å². The Balaban J connectivity index is 2.17. The molecule has 2 rings (SSSR count). The Kier molecular flexibility index (Phi) is 3.76. The average molecular weight is 266 g/mol. The Morgan fingerprint density at radius 3 is 3.06 bits per heavy atom. The highest BCUT2D eigenvalue weighted by Gasteiger charge is 2.12. The number of carboxylic acids is 1. The molecule has 96 valence electrons. The number of rotatable bonds is 5. The quantitative estimate of drug-likeness (QED) is 0.813. The van der Waals surface area contributed by atoms with Crippen LogP contribution in [-0.4, -0.2) is 33.4 Å². The fourth-order valence-electron chi connectivity index (χ4n) is 1.63. The topological polar surface area (TPSA) is 75.2 Å². The fourth-order valence-corrected chi connectivity index (χ4v) is 2.55. The lowest BCUT2D eigenvalue weighted by molar-refractivity contribution is -0.136. The predicted molar refractivity (Wildman–Crippen MR) is 70.2 cm³/mol. The van der Waals surface area contributed by atoms with E-state index in [-0.39, 0.29) is 11.7 Å². The number of imidazole rings is 1. The van der Waals surface area contributed by atoms with Crippen LogP contribution in [0.5, 0.6) is 5.75 Å². The number of benzene rings is 1. The number of hydrogen-bond acceptors (Lipinski definition) is 4. The summed E-state index contributed by atoms with van der Waals surface area (Å²) in [4.78, 5) is 18.1. The molecule has 0 saturated heterocycles. The zero-order valence-electron chi connectivity index (χ0n) is 10.1. The molecule has 1 atom stereocenters. The zero-order valence-corrected chi connectivity index (χ0v) is 11.0. The molecule has 1 aromatic heterocycles. The maximum Gasteiger partial charge on any atom is 0.304 e.